The average Bonchev–Trinajstić information content (AvgIpc) is 3.29. The molecule has 0 aromatic carbocycles. The minimum atomic E-state index is -1.16. The number of aliphatic hydroxyl groups excluding tert-OH is 2. The number of amides is 2. The maximum atomic E-state index is 12.5. The molecule has 3 heterocycles. The van der Waals surface area contributed by atoms with Crippen LogP contribution in [0.2, 0.25) is 0 Å². The Kier molecular flexibility index (Phi) is 7.06. The number of urea groups is 1. The molecule has 0 bridgehead atoms. The van der Waals surface area contributed by atoms with E-state index in [0.29, 0.717) is 16.9 Å². The monoisotopic (exact) mass is 437 g/mol. The van der Waals surface area contributed by atoms with Crippen LogP contribution < -0.4 is 10.2 Å². The first kappa shape index (κ1) is 22.2. The second-order valence-corrected chi connectivity index (χ2v) is 7.58. The van der Waals surface area contributed by atoms with Gasteiger partial charge in [-0.25, -0.2) is 19.7 Å². The van der Waals surface area contributed by atoms with Crippen LogP contribution in [0.25, 0.3) is 11.2 Å². The normalized spacial score (nSPS) is 24.5. The van der Waals surface area contributed by atoms with E-state index in [1.165, 1.54) is 48.0 Å². The Morgan fingerprint density at radius 3 is 2.90 bits per heavy atom. The Hall–Kier alpha value is -2.50. The Labute approximate surface area is 176 Å². The van der Waals surface area contributed by atoms with E-state index in [4.69, 9.17) is 14.7 Å². The van der Waals surface area contributed by atoms with Crippen molar-refractivity contribution in [2.45, 2.75) is 30.6 Å². The third kappa shape index (κ3) is 4.18. The van der Waals surface area contributed by atoms with Crippen LogP contribution in [0.4, 0.5) is 10.6 Å². The highest BCUT2D eigenvalue weighted by atomic mass is 32.2. The summed E-state index contributed by atoms with van der Waals surface area (Å²) in [6, 6.07) is 0.545. The second-order valence-electron chi connectivity index (χ2n) is 6.67. The fraction of sp³-hybridized carbons (Fsp3) is 0.588. The second kappa shape index (κ2) is 9.54. The summed E-state index contributed by atoms with van der Waals surface area (Å²) in [5.41, 5.74) is 0.628. The molecule has 0 spiro atoms. The van der Waals surface area contributed by atoms with Gasteiger partial charge < -0.3 is 25.0 Å². The molecule has 2 aromatic rings. The molecule has 1 aliphatic heterocycles. The molecular weight excluding hydrogens is 414 g/mol. The number of ether oxygens (including phenoxy) is 2. The number of fused-ring (bicyclic) bond motifs is 1. The number of aromatic nitrogens is 4. The quantitative estimate of drug-likeness (QED) is 0.515. The molecule has 3 N–H and O–H groups in total. The smallest absolute Gasteiger partial charge is 0.323 e. The zero-order valence-electron chi connectivity index (χ0n) is 16.7. The lowest BCUT2D eigenvalue weighted by molar-refractivity contribution is -0.0288. The lowest BCUT2D eigenvalue weighted by Gasteiger charge is -2.20. The Balaban J connectivity index is 1.87. The fourth-order valence-electron chi connectivity index (χ4n) is 3.15. The highest BCUT2D eigenvalue weighted by Gasteiger charge is 2.44. The number of rotatable bonds is 7. The zero-order valence-corrected chi connectivity index (χ0v) is 17.5. The van der Waals surface area contributed by atoms with E-state index in [9.17, 15) is 15.0 Å². The van der Waals surface area contributed by atoms with Gasteiger partial charge in [0.1, 0.15) is 24.6 Å². The van der Waals surface area contributed by atoms with Gasteiger partial charge in [0.05, 0.1) is 25.1 Å². The summed E-state index contributed by atoms with van der Waals surface area (Å²) in [5, 5.41) is 32.3. The molecule has 13 heteroatoms. The van der Waals surface area contributed by atoms with Gasteiger partial charge in [0.2, 0.25) is 0 Å². The van der Waals surface area contributed by atoms with Crippen LogP contribution in [0.5, 0.6) is 0 Å². The number of imidazole rings is 1. The SMILES string of the molecule is COCC(C#N)NC(=O)N(C)c1ncnc2c1ncn2[C@@H]1O[C@H](CSC)[C@@H](O)[C@H]1O. The molecule has 12 nitrogen and oxygen atoms in total. The average molecular weight is 437 g/mol. The van der Waals surface area contributed by atoms with E-state index in [1.54, 1.807) is 0 Å². The van der Waals surface area contributed by atoms with Crippen molar-refractivity contribution >= 4 is 34.8 Å². The van der Waals surface area contributed by atoms with Crippen LogP contribution >= 0.6 is 11.8 Å². The standard InChI is InChI=1S/C17H23N7O5S/c1-23(17(27)22-9(4-18)5-28-2)14-11-15(20-7-19-14)24(8-21-11)16-13(26)12(25)10(29-16)6-30-3/h7-10,12-13,16,25-26H,5-6H2,1-3H3,(H,22,27)/t9?,10-,12-,13-,16-/m1/s1. The lowest BCUT2D eigenvalue weighted by atomic mass is 10.1. The molecule has 3 rings (SSSR count). The molecule has 2 aromatic heterocycles. The van der Waals surface area contributed by atoms with Crippen LogP contribution in [0.15, 0.2) is 12.7 Å². The van der Waals surface area contributed by atoms with Crippen LogP contribution in [0.1, 0.15) is 6.23 Å². The number of nitriles is 1. The van der Waals surface area contributed by atoms with E-state index in [2.05, 4.69) is 20.3 Å². The van der Waals surface area contributed by atoms with Gasteiger partial charge in [-0.2, -0.15) is 17.0 Å². The number of aliphatic hydroxyl groups is 2. The molecule has 1 saturated heterocycles. The molecule has 0 radical (unpaired) electrons. The van der Waals surface area contributed by atoms with E-state index >= 15 is 0 Å². The first-order valence-electron chi connectivity index (χ1n) is 9.03. The lowest BCUT2D eigenvalue weighted by Crippen LogP contribution is -2.44. The molecule has 5 atom stereocenters. The first-order chi connectivity index (χ1) is 14.4. The van der Waals surface area contributed by atoms with Gasteiger partial charge in [0, 0.05) is 19.9 Å². The number of carbonyl (C=O) groups excluding carboxylic acids is 1. The van der Waals surface area contributed by atoms with E-state index in [0.717, 1.165) is 0 Å². The van der Waals surface area contributed by atoms with Gasteiger partial charge in [-0.05, 0) is 6.26 Å². The van der Waals surface area contributed by atoms with Crippen molar-refractivity contribution in [3.05, 3.63) is 12.7 Å². The van der Waals surface area contributed by atoms with Gasteiger partial charge in [0.15, 0.2) is 23.2 Å². The van der Waals surface area contributed by atoms with Crippen molar-refractivity contribution in [2.24, 2.45) is 0 Å². The molecule has 1 fully saturated rings. The maximum absolute atomic E-state index is 12.5. The number of thioether (sulfide) groups is 1. The third-order valence-corrected chi connectivity index (χ3v) is 5.35. The summed E-state index contributed by atoms with van der Waals surface area (Å²) < 4.78 is 12.2. The maximum Gasteiger partial charge on any atom is 0.323 e. The molecule has 2 amide bonds. The van der Waals surface area contributed by atoms with Crippen LogP contribution in [0.3, 0.4) is 0 Å². The van der Waals surface area contributed by atoms with Crippen LogP contribution in [-0.2, 0) is 9.47 Å². The van der Waals surface area contributed by atoms with Gasteiger partial charge in [0.25, 0.3) is 0 Å². The minimum Gasteiger partial charge on any atom is -0.387 e. The van der Waals surface area contributed by atoms with Gasteiger partial charge in [-0.3, -0.25) is 9.47 Å². The number of nitrogens with zero attached hydrogens (tertiary/aromatic N) is 6. The molecule has 0 saturated carbocycles. The third-order valence-electron chi connectivity index (χ3n) is 4.69. The van der Waals surface area contributed by atoms with Crippen molar-refractivity contribution in [1.82, 2.24) is 24.8 Å². The highest BCUT2D eigenvalue weighted by Crippen LogP contribution is 2.33. The van der Waals surface area contributed by atoms with Crippen molar-refractivity contribution in [3.8, 4) is 6.07 Å². The Morgan fingerprint density at radius 1 is 1.47 bits per heavy atom. The van der Waals surface area contributed by atoms with E-state index in [-0.39, 0.29) is 12.4 Å². The molecule has 1 unspecified atom stereocenters. The van der Waals surface area contributed by atoms with Crippen molar-refractivity contribution in [3.63, 3.8) is 0 Å². The number of hydrogen-bond acceptors (Lipinski definition) is 10. The number of carbonyl (C=O) groups is 1. The predicted molar refractivity (Wildman–Crippen MR) is 108 cm³/mol. The summed E-state index contributed by atoms with van der Waals surface area (Å²) >= 11 is 1.50. The van der Waals surface area contributed by atoms with Crippen molar-refractivity contribution in [1.29, 1.82) is 5.26 Å². The summed E-state index contributed by atoms with van der Waals surface area (Å²) in [6.45, 7) is 0.0420. The van der Waals surface area contributed by atoms with Crippen molar-refractivity contribution < 1.29 is 24.5 Å². The molecule has 30 heavy (non-hydrogen) atoms. The van der Waals surface area contributed by atoms with Gasteiger partial charge in [-0.15, -0.1) is 0 Å². The number of hydrogen-bond donors (Lipinski definition) is 3. The number of nitrogens with one attached hydrogen (secondary N) is 1. The Bertz CT molecular complexity index is 935. The largest absolute Gasteiger partial charge is 0.387 e. The summed E-state index contributed by atoms with van der Waals surface area (Å²) in [5.74, 6) is 0.727. The Morgan fingerprint density at radius 2 is 2.23 bits per heavy atom. The summed E-state index contributed by atoms with van der Waals surface area (Å²) in [7, 11) is 2.91. The van der Waals surface area contributed by atoms with Crippen molar-refractivity contribution in [2.75, 3.05) is 37.7 Å². The molecular formula is C17H23N7O5S. The summed E-state index contributed by atoms with van der Waals surface area (Å²) in [6.07, 6.45) is 0.937. The van der Waals surface area contributed by atoms with Gasteiger partial charge in [-0.1, -0.05) is 0 Å². The van der Waals surface area contributed by atoms with Gasteiger partial charge >= 0.3 is 6.03 Å². The molecule has 1 aliphatic rings. The zero-order chi connectivity index (χ0) is 21.8. The highest BCUT2D eigenvalue weighted by molar-refractivity contribution is 7.98. The van der Waals surface area contributed by atoms with Crippen LogP contribution in [0, 0.1) is 11.3 Å². The minimum absolute atomic E-state index is 0.0420. The van der Waals surface area contributed by atoms with Crippen LogP contribution in [-0.4, -0.2) is 92.9 Å². The topological polar surface area (TPSA) is 159 Å². The summed E-state index contributed by atoms with van der Waals surface area (Å²) in [4.78, 5) is 26.3. The predicted octanol–water partition coefficient (Wildman–Crippen LogP) is -0.507. The van der Waals surface area contributed by atoms with E-state index < -0.39 is 36.6 Å². The van der Waals surface area contributed by atoms with E-state index in [1.807, 2.05) is 12.3 Å². The molecule has 162 valence electrons. The number of anilines is 1. The number of methoxy groups -OCH3 is 1. The first-order valence-corrected chi connectivity index (χ1v) is 10.4. The fourth-order valence-corrected chi connectivity index (χ4v) is 3.76. The molecule has 0 aliphatic carbocycles.